The van der Waals surface area contributed by atoms with Crippen molar-refractivity contribution in [2.75, 3.05) is 33.4 Å². The maximum Gasteiger partial charge on any atom is 0.191 e. The van der Waals surface area contributed by atoms with Crippen LogP contribution in [0.25, 0.3) is 0 Å². The second kappa shape index (κ2) is 8.82. The van der Waals surface area contributed by atoms with Crippen molar-refractivity contribution in [3.8, 4) is 0 Å². The lowest BCUT2D eigenvalue weighted by molar-refractivity contribution is -0.0174. The molecule has 0 aliphatic carbocycles. The quantitative estimate of drug-likeness (QED) is 0.393. The standard InChI is InChI=1S/C16H30N4O2.HI/c1-11(20-6-7-21-10-12(20)2)9-18-16(17-3)19-14-8-13-4-5-15(14)22-13;/h11-15H,4-10H2,1-3H3,(H2,17,18,19);1H. The summed E-state index contributed by atoms with van der Waals surface area (Å²) in [4.78, 5) is 6.87. The van der Waals surface area contributed by atoms with Crippen molar-refractivity contribution < 1.29 is 9.47 Å². The van der Waals surface area contributed by atoms with Gasteiger partial charge in [0, 0.05) is 32.2 Å². The molecule has 0 spiro atoms. The van der Waals surface area contributed by atoms with Crippen molar-refractivity contribution in [2.24, 2.45) is 4.99 Å². The van der Waals surface area contributed by atoms with Gasteiger partial charge in [-0.3, -0.25) is 9.89 Å². The van der Waals surface area contributed by atoms with E-state index in [-0.39, 0.29) is 24.0 Å². The molecule has 0 radical (unpaired) electrons. The first-order chi connectivity index (χ1) is 10.7. The normalized spacial score (nSPS) is 35.7. The van der Waals surface area contributed by atoms with E-state index < -0.39 is 0 Å². The molecule has 2 N–H and O–H groups in total. The molecule has 3 aliphatic heterocycles. The van der Waals surface area contributed by atoms with Gasteiger partial charge in [-0.15, -0.1) is 24.0 Å². The second-order valence-corrected chi connectivity index (χ2v) is 6.82. The van der Waals surface area contributed by atoms with E-state index in [0.717, 1.165) is 38.7 Å². The highest BCUT2D eigenvalue weighted by Gasteiger charge is 2.41. The molecule has 7 heteroatoms. The van der Waals surface area contributed by atoms with Crippen LogP contribution in [0.5, 0.6) is 0 Å². The molecule has 3 rings (SSSR count). The number of rotatable bonds is 4. The molecular weight excluding hydrogens is 407 g/mol. The van der Waals surface area contributed by atoms with Gasteiger partial charge < -0.3 is 20.1 Å². The predicted octanol–water partition coefficient (Wildman–Crippen LogP) is 1.20. The molecule has 23 heavy (non-hydrogen) atoms. The summed E-state index contributed by atoms with van der Waals surface area (Å²) in [6.07, 6.45) is 4.36. The monoisotopic (exact) mass is 438 g/mol. The Morgan fingerprint density at radius 3 is 2.83 bits per heavy atom. The van der Waals surface area contributed by atoms with Crippen LogP contribution < -0.4 is 10.6 Å². The zero-order chi connectivity index (χ0) is 15.5. The van der Waals surface area contributed by atoms with Crippen molar-refractivity contribution in [1.29, 1.82) is 0 Å². The number of hydrogen-bond donors (Lipinski definition) is 2. The molecule has 5 atom stereocenters. The minimum atomic E-state index is 0. The fraction of sp³-hybridized carbons (Fsp3) is 0.938. The Balaban J connectivity index is 0.00000192. The molecule has 134 valence electrons. The van der Waals surface area contributed by atoms with Gasteiger partial charge in [-0.05, 0) is 33.1 Å². The van der Waals surface area contributed by atoms with Crippen LogP contribution in [0.2, 0.25) is 0 Å². The molecule has 0 aromatic heterocycles. The van der Waals surface area contributed by atoms with E-state index in [2.05, 4.69) is 34.4 Å². The average molecular weight is 438 g/mol. The molecule has 6 nitrogen and oxygen atoms in total. The van der Waals surface area contributed by atoms with Gasteiger partial charge in [-0.25, -0.2) is 0 Å². The first-order valence-electron chi connectivity index (χ1n) is 8.63. The topological polar surface area (TPSA) is 58.1 Å². The van der Waals surface area contributed by atoms with Crippen LogP contribution in [0.3, 0.4) is 0 Å². The first kappa shape index (κ1) is 19.2. The summed E-state index contributed by atoms with van der Waals surface area (Å²) in [5.74, 6) is 0.897. The van der Waals surface area contributed by atoms with E-state index in [1.165, 1.54) is 12.8 Å². The number of fused-ring (bicyclic) bond motifs is 2. The molecule has 3 heterocycles. The Hall–Kier alpha value is -0.120. The van der Waals surface area contributed by atoms with E-state index >= 15 is 0 Å². The summed E-state index contributed by atoms with van der Waals surface area (Å²) in [5.41, 5.74) is 0. The largest absolute Gasteiger partial charge is 0.379 e. The summed E-state index contributed by atoms with van der Waals surface area (Å²) in [6, 6.07) is 1.37. The number of guanidine groups is 1. The molecule has 3 aliphatic rings. The van der Waals surface area contributed by atoms with Crippen LogP contribution in [0, 0.1) is 0 Å². The van der Waals surface area contributed by atoms with Crippen LogP contribution in [0.1, 0.15) is 33.1 Å². The number of halogens is 1. The Morgan fingerprint density at radius 2 is 2.22 bits per heavy atom. The second-order valence-electron chi connectivity index (χ2n) is 6.82. The molecule has 5 unspecified atom stereocenters. The highest BCUT2D eigenvalue weighted by molar-refractivity contribution is 14.0. The Labute approximate surface area is 156 Å². The molecule has 3 fully saturated rings. The molecule has 0 saturated carbocycles. The first-order valence-corrected chi connectivity index (χ1v) is 8.63. The summed E-state index contributed by atoms with van der Waals surface area (Å²) in [7, 11) is 1.84. The van der Waals surface area contributed by atoms with Gasteiger partial charge in [0.25, 0.3) is 0 Å². The fourth-order valence-electron chi connectivity index (χ4n) is 3.92. The lowest BCUT2D eigenvalue weighted by Gasteiger charge is -2.38. The van der Waals surface area contributed by atoms with Gasteiger partial charge in [0.05, 0.1) is 31.5 Å². The van der Waals surface area contributed by atoms with E-state index in [1.54, 1.807) is 0 Å². The number of nitrogens with zero attached hydrogens (tertiary/aromatic N) is 2. The number of morpholine rings is 1. The number of nitrogens with one attached hydrogen (secondary N) is 2. The minimum absolute atomic E-state index is 0. The molecule has 0 aromatic carbocycles. The molecule has 3 saturated heterocycles. The van der Waals surface area contributed by atoms with Gasteiger partial charge in [0.1, 0.15) is 0 Å². The number of hydrogen-bond acceptors (Lipinski definition) is 4. The van der Waals surface area contributed by atoms with Crippen LogP contribution in [0.4, 0.5) is 0 Å². The van der Waals surface area contributed by atoms with E-state index in [9.17, 15) is 0 Å². The van der Waals surface area contributed by atoms with Crippen molar-refractivity contribution in [2.45, 2.75) is 63.4 Å². The van der Waals surface area contributed by atoms with Gasteiger partial charge in [0.15, 0.2) is 5.96 Å². The lowest BCUT2D eigenvalue weighted by Crippen LogP contribution is -2.54. The fourth-order valence-corrected chi connectivity index (χ4v) is 3.92. The molecule has 0 aromatic rings. The molecule has 0 amide bonds. The Kier molecular flexibility index (Phi) is 7.37. The number of aliphatic imine (C=N–C) groups is 1. The Bertz CT molecular complexity index is 410. The maximum atomic E-state index is 5.90. The van der Waals surface area contributed by atoms with Crippen molar-refractivity contribution >= 4 is 29.9 Å². The van der Waals surface area contributed by atoms with Crippen LogP contribution in [0.15, 0.2) is 4.99 Å². The van der Waals surface area contributed by atoms with Crippen LogP contribution in [-0.2, 0) is 9.47 Å². The summed E-state index contributed by atoms with van der Waals surface area (Å²) >= 11 is 0. The van der Waals surface area contributed by atoms with E-state index in [1.807, 2.05) is 7.05 Å². The summed E-state index contributed by atoms with van der Waals surface area (Å²) < 4.78 is 11.4. The van der Waals surface area contributed by atoms with E-state index in [0.29, 0.717) is 30.3 Å². The van der Waals surface area contributed by atoms with Crippen molar-refractivity contribution in [3.63, 3.8) is 0 Å². The molecular formula is C16H31IN4O2. The zero-order valence-electron chi connectivity index (χ0n) is 14.5. The van der Waals surface area contributed by atoms with Crippen molar-refractivity contribution in [1.82, 2.24) is 15.5 Å². The van der Waals surface area contributed by atoms with Gasteiger partial charge in [-0.1, -0.05) is 0 Å². The zero-order valence-corrected chi connectivity index (χ0v) is 16.8. The van der Waals surface area contributed by atoms with Gasteiger partial charge in [-0.2, -0.15) is 0 Å². The van der Waals surface area contributed by atoms with Crippen molar-refractivity contribution in [3.05, 3.63) is 0 Å². The van der Waals surface area contributed by atoms with Gasteiger partial charge in [0.2, 0.25) is 0 Å². The summed E-state index contributed by atoms with van der Waals surface area (Å²) in [5, 5.41) is 7.01. The maximum absolute atomic E-state index is 5.90. The third-order valence-corrected chi connectivity index (χ3v) is 5.20. The van der Waals surface area contributed by atoms with E-state index in [4.69, 9.17) is 9.47 Å². The van der Waals surface area contributed by atoms with Crippen LogP contribution >= 0.6 is 24.0 Å². The third-order valence-electron chi connectivity index (χ3n) is 5.20. The SMILES string of the molecule is CN=C(NCC(C)N1CCOCC1C)NC1CC2CCC1O2.I. The molecule has 2 bridgehead atoms. The number of ether oxygens (including phenoxy) is 2. The highest BCUT2D eigenvalue weighted by Crippen LogP contribution is 2.34. The highest BCUT2D eigenvalue weighted by atomic mass is 127. The smallest absolute Gasteiger partial charge is 0.191 e. The lowest BCUT2D eigenvalue weighted by atomic mass is 9.96. The predicted molar refractivity (Wildman–Crippen MR) is 103 cm³/mol. The third kappa shape index (κ3) is 4.70. The van der Waals surface area contributed by atoms with Gasteiger partial charge >= 0.3 is 0 Å². The van der Waals surface area contributed by atoms with Crippen LogP contribution in [-0.4, -0.2) is 74.5 Å². The summed E-state index contributed by atoms with van der Waals surface area (Å²) in [6.45, 7) is 8.07. The average Bonchev–Trinajstić information content (AvgIpc) is 3.14. The minimum Gasteiger partial charge on any atom is -0.379 e. The Morgan fingerprint density at radius 1 is 1.39 bits per heavy atom.